The zero-order chi connectivity index (χ0) is 14.7. The zero-order valence-corrected chi connectivity index (χ0v) is 16.2. The van der Waals surface area contributed by atoms with Crippen molar-refractivity contribution in [3.8, 4) is 0 Å². The van der Waals surface area contributed by atoms with Crippen LogP contribution >= 0.6 is 66.4 Å². The third-order valence-electron chi connectivity index (χ3n) is 2.86. The van der Waals surface area contributed by atoms with Gasteiger partial charge in [-0.2, -0.15) is 0 Å². The first-order chi connectivity index (χ1) is 9.52. The molecule has 1 unspecified atom stereocenters. The average molecular weight is 458 g/mol. The lowest BCUT2D eigenvalue weighted by Gasteiger charge is -2.20. The van der Waals surface area contributed by atoms with Crippen molar-refractivity contribution in [2.75, 3.05) is 6.54 Å². The molecule has 2 rings (SSSR count). The van der Waals surface area contributed by atoms with E-state index >= 15 is 0 Å². The van der Waals surface area contributed by atoms with Crippen molar-refractivity contribution in [1.29, 1.82) is 0 Å². The number of nitrogens with one attached hydrogen (secondary N) is 1. The number of hydrogen-bond donors (Lipinski definition) is 1. The second kappa shape index (κ2) is 7.61. The van der Waals surface area contributed by atoms with E-state index in [9.17, 15) is 0 Å². The molecule has 1 N–H and O–H groups in total. The highest BCUT2D eigenvalue weighted by Gasteiger charge is 2.21. The molecule has 0 saturated heterocycles. The van der Waals surface area contributed by atoms with Gasteiger partial charge in [-0.15, -0.1) is 11.3 Å². The molecule has 20 heavy (non-hydrogen) atoms. The predicted octanol–water partition coefficient (Wildman–Crippen LogP) is 6.67. The second-order valence-corrected chi connectivity index (χ2v) is 8.93. The van der Waals surface area contributed by atoms with E-state index in [1.165, 1.54) is 5.56 Å². The molecule has 0 bridgehead atoms. The third-order valence-corrected chi connectivity index (χ3v) is 5.83. The Hall–Kier alpha value is 0.420. The normalized spacial score (nSPS) is 12.7. The van der Waals surface area contributed by atoms with Crippen LogP contribution in [-0.4, -0.2) is 6.54 Å². The predicted molar refractivity (Wildman–Crippen MR) is 96.3 cm³/mol. The van der Waals surface area contributed by atoms with Crippen LogP contribution in [0.3, 0.4) is 0 Å². The minimum absolute atomic E-state index is 0.0260. The van der Waals surface area contributed by atoms with Gasteiger partial charge in [0.2, 0.25) is 0 Å². The standard InChI is InChI=1S/C14H13Br2Cl2NS/c1-2-5-19-13(10-7-12(15)20-14(10)16)9-6-8(17)3-4-11(9)18/h3-4,6-7,13,19H,2,5H2,1H3. The molecule has 0 aliphatic carbocycles. The monoisotopic (exact) mass is 455 g/mol. The van der Waals surface area contributed by atoms with Crippen LogP contribution in [0.15, 0.2) is 31.8 Å². The summed E-state index contributed by atoms with van der Waals surface area (Å²) in [4.78, 5) is 0. The summed E-state index contributed by atoms with van der Waals surface area (Å²) < 4.78 is 2.18. The van der Waals surface area contributed by atoms with Crippen LogP contribution in [0.5, 0.6) is 0 Å². The van der Waals surface area contributed by atoms with Crippen molar-refractivity contribution < 1.29 is 0 Å². The molecule has 1 atom stereocenters. The summed E-state index contributed by atoms with van der Waals surface area (Å²) >= 11 is 21.3. The Bertz CT molecular complexity index is 601. The summed E-state index contributed by atoms with van der Waals surface area (Å²) in [7, 11) is 0. The van der Waals surface area contributed by atoms with Crippen LogP contribution < -0.4 is 5.32 Å². The zero-order valence-electron chi connectivity index (χ0n) is 10.7. The molecular weight excluding hydrogens is 445 g/mol. The highest BCUT2D eigenvalue weighted by Crippen LogP contribution is 2.40. The molecule has 1 nitrogen and oxygen atoms in total. The first-order valence-corrected chi connectivity index (χ1v) is 9.31. The lowest BCUT2D eigenvalue weighted by Crippen LogP contribution is -2.23. The first-order valence-electron chi connectivity index (χ1n) is 6.16. The summed E-state index contributed by atoms with van der Waals surface area (Å²) in [6.45, 7) is 3.05. The van der Waals surface area contributed by atoms with Crippen LogP contribution in [-0.2, 0) is 0 Å². The van der Waals surface area contributed by atoms with Gasteiger partial charge >= 0.3 is 0 Å². The molecule has 1 heterocycles. The minimum Gasteiger partial charge on any atom is -0.306 e. The van der Waals surface area contributed by atoms with Crippen LogP contribution in [0.25, 0.3) is 0 Å². The molecule has 108 valence electrons. The number of halogens is 4. The Morgan fingerprint density at radius 1 is 1.20 bits per heavy atom. The Morgan fingerprint density at radius 2 is 1.95 bits per heavy atom. The van der Waals surface area contributed by atoms with Gasteiger partial charge < -0.3 is 5.32 Å². The molecule has 6 heteroatoms. The van der Waals surface area contributed by atoms with Crippen molar-refractivity contribution in [3.63, 3.8) is 0 Å². The Labute approximate surface area is 149 Å². The van der Waals surface area contributed by atoms with Gasteiger partial charge in [-0.25, -0.2) is 0 Å². The summed E-state index contributed by atoms with van der Waals surface area (Å²) in [5.74, 6) is 0. The molecule has 0 spiro atoms. The van der Waals surface area contributed by atoms with Crippen molar-refractivity contribution in [1.82, 2.24) is 5.32 Å². The van der Waals surface area contributed by atoms with Gasteiger partial charge in [0, 0.05) is 10.0 Å². The van der Waals surface area contributed by atoms with E-state index in [1.807, 2.05) is 18.2 Å². The van der Waals surface area contributed by atoms with Crippen molar-refractivity contribution in [2.45, 2.75) is 19.4 Å². The SMILES string of the molecule is CCCNC(c1cc(Cl)ccc1Cl)c1cc(Br)sc1Br. The quantitative estimate of drug-likeness (QED) is 0.528. The maximum absolute atomic E-state index is 6.36. The second-order valence-electron chi connectivity index (χ2n) is 4.33. The topological polar surface area (TPSA) is 12.0 Å². The average Bonchev–Trinajstić information content (AvgIpc) is 2.73. The van der Waals surface area contributed by atoms with Gasteiger partial charge in [0.05, 0.1) is 13.6 Å². The highest BCUT2D eigenvalue weighted by atomic mass is 79.9. The maximum Gasteiger partial charge on any atom is 0.0761 e. The summed E-state index contributed by atoms with van der Waals surface area (Å²) in [6.07, 6.45) is 1.05. The molecule has 0 saturated carbocycles. The molecule has 0 aliphatic heterocycles. The first kappa shape index (κ1) is 16.8. The molecule has 0 fully saturated rings. The van der Waals surface area contributed by atoms with Crippen LogP contribution in [0, 0.1) is 0 Å². The van der Waals surface area contributed by atoms with E-state index in [0.29, 0.717) is 5.02 Å². The fourth-order valence-corrected chi connectivity index (χ4v) is 5.27. The Kier molecular flexibility index (Phi) is 6.39. The number of hydrogen-bond acceptors (Lipinski definition) is 2. The lowest BCUT2D eigenvalue weighted by molar-refractivity contribution is 0.598. The number of rotatable bonds is 5. The lowest BCUT2D eigenvalue weighted by atomic mass is 10.0. The van der Waals surface area contributed by atoms with Crippen LogP contribution in [0.4, 0.5) is 0 Å². The van der Waals surface area contributed by atoms with E-state index in [4.69, 9.17) is 23.2 Å². The smallest absolute Gasteiger partial charge is 0.0761 e. The minimum atomic E-state index is 0.0260. The fourth-order valence-electron chi connectivity index (χ4n) is 1.96. The van der Waals surface area contributed by atoms with Crippen molar-refractivity contribution >= 4 is 66.4 Å². The highest BCUT2D eigenvalue weighted by molar-refractivity contribution is 9.12. The molecule has 1 aromatic carbocycles. The third kappa shape index (κ3) is 3.99. The Balaban J connectivity index is 2.46. The summed E-state index contributed by atoms with van der Waals surface area (Å²) in [6, 6.07) is 7.71. The van der Waals surface area contributed by atoms with E-state index in [-0.39, 0.29) is 6.04 Å². The van der Waals surface area contributed by atoms with Crippen LogP contribution in [0.2, 0.25) is 10.0 Å². The largest absolute Gasteiger partial charge is 0.306 e. The number of benzene rings is 1. The van der Waals surface area contributed by atoms with Gasteiger partial charge in [-0.05, 0) is 80.2 Å². The van der Waals surface area contributed by atoms with E-state index in [1.54, 1.807) is 11.3 Å². The van der Waals surface area contributed by atoms with Gasteiger partial charge in [0.15, 0.2) is 0 Å². The molecule has 0 aliphatic rings. The van der Waals surface area contributed by atoms with E-state index in [0.717, 1.165) is 31.1 Å². The molecule has 0 amide bonds. The van der Waals surface area contributed by atoms with Crippen LogP contribution in [0.1, 0.15) is 30.5 Å². The number of thiophene rings is 1. The fraction of sp³-hybridized carbons (Fsp3) is 0.286. The molecule has 0 radical (unpaired) electrons. The molecular formula is C14H13Br2Cl2NS. The molecule has 2 aromatic rings. The summed E-state index contributed by atoms with van der Waals surface area (Å²) in [5.41, 5.74) is 2.16. The van der Waals surface area contributed by atoms with Gasteiger partial charge in [-0.1, -0.05) is 30.1 Å². The van der Waals surface area contributed by atoms with Crippen molar-refractivity contribution in [2.24, 2.45) is 0 Å². The van der Waals surface area contributed by atoms with Gasteiger partial charge in [0.25, 0.3) is 0 Å². The van der Waals surface area contributed by atoms with Gasteiger partial charge in [0.1, 0.15) is 0 Å². The Morgan fingerprint density at radius 3 is 2.55 bits per heavy atom. The maximum atomic E-state index is 6.36. The molecule has 1 aromatic heterocycles. The van der Waals surface area contributed by atoms with Gasteiger partial charge in [-0.3, -0.25) is 0 Å². The van der Waals surface area contributed by atoms with E-state index in [2.05, 4.69) is 50.2 Å². The van der Waals surface area contributed by atoms with E-state index < -0.39 is 0 Å². The summed E-state index contributed by atoms with van der Waals surface area (Å²) in [5, 5.41) is 4.95. The van der Waals surface area contributed by atoms with Crippen molar-refractivity contribution in [3.05, 3.63) is 53.0 Å².